The van der Waals surface area contributed by atoms with Gasteiger partial charge in [-0.25, -0.2) is 0 Å². The molecule has 92 valence electrons. The van der Waals surface area contributed by atoms with E-state index in [1.165, 1.54) is 0 Å². The van der Waals surface area contributed by atoms with Gasteiger partial charge in [0.15, 0.2) is 0 Å². The molecule has 0 heterocycles. The fourth-order valence-corrected chi connectivity index (χ4v) is 1.92. The zero-order chi connectivity index (χ0) is 13.2. The minimum atomic E-state index is -0.967. The minimum Gasteiger partial charge on any atom is -0.481 e. The van der Waals surface area contributed by atoms with Gasteiger partial charge in [0.1, 0.15) is 0 Å². The summed E-state index contributed by atoms with van der Waals surface area (Å²) in [6, 6.07) is 4.98. The van der Waals surface area contributed by atoms with Crippen LogP contribution in [0, 0.1) is 17.0 Å². The molecule has 0 spiro atoms. The van der Waals surface area contributed by atoms with E-state index in [-0.39, 0.29) is 12.1 Å². The van der Waals surface area contributed by atoms with Crippen molar-refractivity contribution in [3.63, 3.8) is 0 Å². The first-order valence-corrected chi connectivity index (χ1v) is 5.22. The Morgan fingerprint density at radius 3 is 2.53 bits per heavy atom. The van der Waals surface area contributed by atoms with Crippen LogP contribution in [0.5, 0.6) is 0 Å². The molecule has 1 rings (SSSR count). The molecule has 5 nitrogen and oxygen atoms in total. The molecule has 0 aliphatic rings. The van der Waals surface area contributed by atoms with Crippen molar-refractivity contribution in [1.29, 1.82) is 0 Å². The van der Waals surface area contributed by atoms with E-state index in [2.05, 4.69) is 0 Å². The lowest BCUT2D eigenvalue weighted by Gasteiger charge is -2.23. The van der Waals surface area contributed by atoms with Gasteiger partial charge in [-0.1, -0.05) is 32.0 Å². The van der Waals surface area contributed by atoms with Crippen molar-refractivity contribution < 1.29 is 14.8 Å². The number of para-hydroxylation sites is 1. The Labute approximate surface area is 99.2 Å². The predicted octanol–water partition coefficient (Wildman–Crippen LogP) is 2.66. The molecule has 0 fully saturated rings. The second-order valence-electron chi connectivity index (χ2n) is 4.68. The lowest BCUT2D eigenvalue weighted by Crippen LogP contribution is -2.23. The summed E-state index contributed by atoms with van der Waals surface area (Å²) in [7, 11) is 0. The third kappa shape index (κ3) is 2.81. The highest BCUT2D eigenvalue weighted by Gasteiger charge is 2.32. The Hall–Kier alpha value is -1.91. The molecule has 0 amide bonds. The summed E-state index contributed by atoms with van der Waals surface area (Å²) < 4.78 is 0. The van der Waals surface area contributed by atoms with Crippen LogP contribution in [0.4, 0.5) is 5.69 Å². The molecule has 5 heteroatoms. The van der Waals surface area contributed by atoms with E-state index in [0.717, 1.165) is 0 Å². The third-order valence-electron chi connectivity index (χ3n) is 2.74. The molecule has 0 bridgehead atoms. The monoisotopic (exact) mass is 237 g/mol. The van der Waals surface area contributed by atoms with Gasteiger partial charge >= 0.3 is 5.97 Å². The quantitative estimate of drug-likeness (QED) is 0.644. The molecule has 1 aromatic carbocycles. The van der Waals surface area contributed by atoms with Crippen molar-refractivity contribution in [1.82, 2.24) is 0 Å². The maximum atomic E-state index is 11.0. The number of hydrogen-bond acceptors (Lipinski definition) is 3. The second kappa shape index (κ2) is 4.53. The number of aliphatic carboxylic acids is 1. The number of rotatable bonds is 4. The predicted molar refractivity (Wildman–Crippen MR) is 63.1 cm³/mol. The number of aryl methyl sites for hydroxylation is 1. The van der Waals surface area contributed by atoms with Crippen molar-refractivity contribution in [2.24, 2.45) is 0 Å². The van der Waals surface area contributed by atoms with E-state index in [1.54, 1.807) is 39.0 Å². The Morgan fingerprint density at radius 1 is 1.47 bits per heavy atom. The van der Waals surface area contributed by atoms with Gasteiger partial charge in [-0.3, -0.25) is 14.9 Å². The zero-order valence-corrected chi connectivity index (χ0v) is 10.1. The molecule has 17 heavy (non-hydrogen) atoms. The molecular formula is C12H15NO4. The SMILES string of the molecule is Cc1cccc(C(C)(C)CC(=O)O)c1[N+](=O)[O-]. The fourth-order valence-electron chi connectivity index (χ4n) is 1.92. The maximum Gasteiger partial charge on any atom is 0.304 e. The number of carboxylic acid groups (broad SMARTS) is 1. The zero-order valence-electron chi connectivity index (χ0n) is 10.1. The summed E-state index contributed by atoms with van der Waals surface area (Å²) in [5, 5.41) is 19.9. The molecule has 0 saturated carbocycles. The van der Waals surface area contributed by atoms with Crippen molar-refractivity contribution in [2.45, 2.75) is 32.6 Å². The molecule has 1 aromatic rings. The molecule has 0 atom stereocenters. The highest BCUT2D eigenvalue weighted by atomic mass is 16.6. The van der Waals surface area contributed by atoms with E-state index < -0.39 is 16.3 Å². The number of carbonyl (C=O) groups is 1. The Morgan fingerprint density at radius 2 is 2.06 bits per heavy atom. The van der Waals surface area contributed by atoms with Crippen molar-refractivity contribution in [2.75, 3.05) is 0 Å². The third-order valence-corrected chi connectivity index (χ3v) is 2.74. The standard InChI is InChI=1S/C12H15NO4/c1-8-5-4-6-9(11(8)13(16)17)12(2,3)7-10(14)15/h4-6H,7H2,1-3H3,(H,14,15). The number of nitrogens with zero attached hydrogens (tertiary/aromatic N) is 1. The number of nitro groups is 1. The molecule has 0 aliphatic carbocycles. The Bertz CT molecular complexity index is 466. The molecule has 0 aromatic heterocycles. The Balaban J connectivity index is 3.35. The fraction of sp³-hybridized carbons (Fsp3) is 0.417. The second-order valence-corrected chi connectivity index (χ2v) is 4.68. The first-order chi connectivity index (χ1) is 7.75. The van der Waals surface area contributed by atoms with Gasteiger partial charge in [-0.15, -0.1) is 0 Å². The summed E-state index contributed by atoms with van der Waals surface area (Å²) in [6.07, 6.45) is -0.142. The van der Waals surface area contributed by atoms with Crippen LogP contribution in [-0.4, -0.2) is 16.0 Å². The Kier molecular flexibility index (Phi) is 3.50. The van der Waals surface area contributed by atoms with Crippen LogP contribution in [0.25, 0.3) is 0 Å². The van der Waals surface area contributed by atoms with E-state index in [0.29, 0.717) is 11.1 Å². The largest absolute Gasteiger partial charge is 0.481 e. The average molecular weight is 237 g/mol. The first-order valence-electron chi connectivity index (χ1n) is 5.22. The summed E-state index contributed by atoms with van der Waals surface area (Å²) in [5.41, 5.74) is 0.259. The van der Waals surface area contributed by atoms with Gasteiger partial charge in [0.25, 0.3) is 5.69 Å². The van der Waals surface area contributed by atoms with Crippen LogP contribution in [0.2, 0.25) is 0 Å². The molecule has 0 unspecified atom stereocenters. The number of hydrogen-bond donors (Lipinski definition) is 1. The number of nitro benzene ring substituents is 1. The van der Waals surface area contributed by atoms with Gasteiger partial charge in [0.05, 0.1) is 11.3 Å². The molecular weight excluding hydrogens is 222 g/mol. The molecule has 0 radical (unpaired) electrons. The first kappa shape index (κ1) is 13.2. The van der Waals surface area contributed by atoms with Crippen LogP contribution in [0.1, 0.15) is 31.4 Å². The van der Waals surface area contributed by atoms with Crippen LogP contribution < -0.4 is 0 Å². The summed E-state index contributed by atoms with van der Waals surface area (Å²) in [6.45, 7) is 5.05. The van der Waals surface area contributed by atoms with Crippen molar-refractivity contribution >= 4 is 11.7 Å². The van der Waals surface area contributed by atoms with Gasteiger partial charge in [0, 0.05) is 16.5 Å². The van der Waals surface area contributed by atoms with E-state index in [1.807, 2.05) is 0 Å². The van der Waals surface area contributed by atoms with Gasteiger partial charge in [-0.2, -0.15) is 0 Å². The van der Waals surface area contributed by atoms with Crippen LogP contribution >= 0.6 is 0 Å². The molecule has 0 aliphatic heterocycles. The number of benzene rings is 1. The topological polar surface area (TPSA) is 80.4 Å². The van der Waals surface area contributed by atoms with E-state index >= 15 is 0 Å². The highest BCUT2D eigenvalue weighted by Crippen LogP contribution is 2.35. The van der Waals surface area contributed by atoms with Gasteiger partial charge < -0.3 is 5.11 Å². The summed E-state index contributed by atoms with van der Waals surface area (Å²) >= 11 is 0. The molecule has 0 saturated heterocycles. The maximum absolute atomic E-state index is 11.0. The van der Waals surface area contributed by atoms with Gasteiger partial charge in [-0.05, 0) is 6.92 Å². The van der Waals surface area contributed by atoms with Crippen LogP contribution in [0.15, 0.2) is 18.2 Å². The molecule has 1 N–H and O–H groups in total. The van der Waals surface area contributed by atoms with Crippen molar-refractivity contribution in [3.05, 3.63) is 39.4 Å². The normalized spacial score (nSPS) is 11.2. The number of carboxylic acids is 1. The highest BCUT2D eigenvalue weighted by molar-refractivity contribution is 5.69. The summed E-state index contributed by atoms with van der Waals surface area (Å²) in [4.78, 5) is 21.4. The van der Waals surface area contributed by atoms with Crippen molar-refractivity contribution in [3.8, 4) is 0 Å². The lowest BCUT2D eigenvalue weighted by molar-refractivity contribution is -0.386. The van der Waals surface area contributed by atoms with E-state index in [4.69, 9.17) is 5.11 Å². The smallest absolute Gasteiger partial charge is 0.304 e. The minimum absolute atomic E-state index is 0.0127. The van der Waals surface area contributed by atoms with Crippen LogP contribution in [-0.2, 0) is 10.2 Å². The average Bonchev–Trinajstić information content (AvgIpc) is 2.14. The van der Waals surface area contributed by atoms with Gasteiger partial charge in [0.2, 0.25) is 0 Å². The lowest BCUT2D eigenvalue weighted by atomic mass is 9.80. The van der Waals surface area contributed by atoms with Crippen LogP contribution in [0.3, 0.4) is 0 Å². The van der Waals surface area contributed by atoms with E-state index in [9.17, 15) is 14.9 Å². The summed E-state index contributed by atoms with van der Waals surface area (Å²) in [5.74, 6) is -0.967.